The van der Waals surface area contributed by atoms with Gasteiger partial charge in [0.25, 0.3) is 0 Å². The number of hydrogen-bond donors (Lipinski definition) is 0. The molecule has 122 valence electrons. The molecule has 0 aliphatic carbocycles. The molecular formula is C17H22N4O2. The maximum Gasteiger partial charge on any atom is 0.333 e. The molecule has 6 heteroatoms. The Kier molecular flexibility index (Phi) is 4.32. The van der Waals surface area contributed by atoms with Crippen molar-refractivity contribution < 1.29 is 4.92 Å². The molecule has 0 atom stereocenters. The number of hydrogen-bond acceptors (Lipinski definition) is 4. The number of nitro groups is 1. The summed E-state index contributed by atoms with van der Waals surface area (Å²) in [6.45, 7) is 3.39. The molecule has 1 fully saturated rings. The molecule has 3 rings (SSSR count). The Morgan fingerprint density at radius 2 is 1.91 bits per heavy atom. The van der Waals surface area contributed by atoms with Crippen LogP contribution in [0.5, 0.6) is 0 Å². The van der Waals surface area contributed by atoms with E-state index < -0.39 is 0 Å². The van der Waals surface area contributed by atoms with Crippen molar-refractivity contribution in [1.29, 1.82) is 0 Å². The summed E-state index contributed by atoms with van der Waals surface area (Å²) in [6, 6.07) is 10.5. The normalized spacial score (nSPS) is 15.8. The minimum atomic E-state index is -0.312. The Bertz CT molecular complexity index is 688. The monoisotopic (exact) mass is 314 g/mol. The van der Waals surface area contributed by atoms with Crippen LogP contribution < -0.4 is 4.90 Å². The van der Waals surface area contributed by atoms with Crippen LogP contribution in [0, 0.1) is 23.0 Å². The van der Waals surface area contributed by atoms with Crippen LogP contribution in [-0.4, -0.2) is 27.8 Å². The predicted molar refractivity (Wildman–Crippen MR) is 89.7 cm³/mol. The average Bonchev–Trinajstić information content (AvgIpc) is 2.83. The van der Waals surface area contributed by atoms with Crippen LogP contribution in [0.3, 0.4) is 0 Å². The first-order valence-electron chi connectivity index (χ1n) is 8.03. The molecule has 2 aromatic rings. The summed E-state index contributed by atoms with van der Waals surface area (Å²) >= 11 is 0. The summed E-state index contributed by atoms with van der Waals surface area (Å²) in [6.07, 6.45) is 3.19. The topological polar surface area (TPSA) is 64.2 Å². The highest BCUT2D eigenvalue weighted by atomic mass is 16.6. The van der Waals surface area contributed by atoms with E-state index in [1.54, 1.807) is 18.7 Å². The standard InChI is InChI=1S/C17H22N4O2/c1-13-16(21(22)23)17(19(2)18-13)20-10-8-15(9-11-20)12-14-6-4-3-5-7-14/h3-7,15H,8-12H2,1-2H3. The second kappa shape index (κ2) is 6.40. The first-order valence-corrected chi connectivity index (χ1v) is 8.03. The largest absolute Gasteiger partial charge is 0.351 e. The highest BCUT2D eigenvalue weighted by molar-refractivity contribution is 5.61. The Hall–Kier alpha value is -2.37. The van der Waals surface area contributed by atoms with Crippen molar-refractivity contribution in [3.8, 4) is 0 Å². The third kappa shape index (κ3) is 3.21. The number of rotatable bonds is 4. The third-order valence-corrected chi connectivity index (χ3v) is 4.62. The molecule has 1 saturated heterocycles. The second-order valence-electron chi connectivity index (χ2n) is 6.26. The molecule has 1 aromatic carbocycles. The van der Waals surface area contributed by atoms with Crippen LogP contribution >= 0.6 is 0 Å². The van der Waals surface area contributed by atoms with Crippen LogP contribution in [0.4, 0.5) is 11.5 Å². The Morgan fingerprint density at radius 1 is 1.26 bits per heavy atom. The molecule has 0 N–H and O–H groups in total. The van der Waals surface area contributed by atoms with Gasteiger partial charge in [-0.15, -0.1) is 0 Å². The summed E-state index contributed by atoms with van der Waals surface area (Å²) < 4.78 is 1.64. The van der Waals surface area contributed by atoms with Gasteiger partial charge in [0.1, 0.15) is 5.69 Å². The first-order chi connectivity index (χ1) is 11.1. The predicted octanol–water partition coefficient (Wildman–Crippen LogP) is 3.10. The maximum absolute atomic E-state index is 11.3. The lowest BCUT2D eigenvalue weighted by Crippen LogP contribution is -2.35. The van der Waals surface area contributed by atoms with E-state index in [1.165, 1.54) is 5.56 Å². The van der Waals surface area contributed by atoms with Gasteiger partial charge in [0.2, 0.25) is 5.82 Å². The molecule has 0 bridgehead atoms. The summed E-state index contributed by atoms with van der Waals surface area (Å²) in [4.78, 5) is 13.1. The van der Waals surface area contributed by atoms with Gasteiger partial charge in [0, 0.05) is 20.1 Å². The molecule has 1 aliphatic rings. The van der Waals surface area contributed by atoms with E-state index in [9.17, 15) is 10.1 Å². The SMILES string of the molecule is Cc1nn(C)c(N2CCC(Cc3ccccc3)CC2)c1[N+](=O)[O-]. The van der Waals surface area contributed by atoms with Crippen molar-refractivity contribution in [2.45, 2.75) is 26.2 Å². The van der Waals surface area contributed by atoms with Gasteiger partial charge in [0.15, 0.2) is 0 Å². The lowest BCUT2D eigenvalue weighted by Gasteiger charge is -2.32. The highest BCUT2D eigenvalue weighted by Gasteiger charge is 2.30. The maximum atomic E-state index is 11.3. The van der Waals surface area contributed by atoms with Crippen molar-refractivity contribution >= 4 is 11.5 Å². The summed E-state index contributed by atoms with van der Waals surface area (Å²) in [5.74, 6) is 1.28. The van der Waals surface area contributed by atoms with Crippen molar-refractivity contribution in [1.82, 2.24) is 9.78 Å². The lowest BCUT2D eigenvalue weighted by atomic mass is 9.90. The zero-order chi connectivity index (χ0) is 16.4. The smallest absolute Gasteiger partial charge is 0.333 e. The Labute approximate surface area is 135 Å². The van der Waals surface area contributed by atoms with Crippen molar-refractivity contribution in [3.63, 3.8) is 0 Å². The van der Waals surface area contributed by atoms with Crippen LogP contribution in [0.1, 0.15) is 24.1 Å². The molecule has 23 heavy (non-hydrogen) atoms. The van der Waals surface area contributed by atoms with E-state index in [0.717, 1.165) is 32.4 Å². The van der Waals surface area contributed by atoms with Crippen molar-refractivity contribution in [2.75, 3.05) is 18.0 Å². The minimum Gasteiger partial charge on any atom is -0.351 e. The number of nitrogens with zero attached hydrogens (tertiary/aromatic N) is 4. The summed E-state index contributed by atoms with van der Waals surface area (Å²) in [5, 5.41) is 15.6. The lowest BCUT2D eigenvalue weighted by molar-refractivity contribution is -0.384. The summed E-state index contributed by atoms with van der Waals surface area (Å²) in [7, 11) is 1.78. The van der Waals surface area contributed by atoms with Crippen LogP contribution in [-0.2, 0) is 13.5 Å². The zero-order valence-electron chi connectivity index (χ0n) is 13.6. The number of aromatic nitrogens is 2. The first kappa shape index (κ1) is 15.5. The number of anilines is 1. The van der Waals surface area contributed by atoms with E-state index in [4.69, 9.17) is 0 Å². The van der Waals surface area contributed by atoms with E-state index in [0.29, 0.717) is 17.4 Å². The molecule has 0 unspecified atom stereocenters. The van der Waals surface area contributed by atoms with E-state index in [1.807, 2.05) is 6.07 Å². The molecule has 1 aliphatic heterocycles. The molecular weight excluding hydrogens is 292 g/mol. The second-order valence-corrected chi connectivity index (χ2v) is 6.26. The minimum absolute atomic E-state index is 0.147. The van der Waals surface area contributed by atoms with Gasteiger partial charge >= 0.3 is 5.69 Å². The summed E-state index contributed by atoms with van der Waals surface area (Å²) in [5.41, 5.74) is 2.00. The Balaban J connectivity index is 1.69. The fraction of sp³-hybridized carbons (Fsp3) is 0.471. The quantitative estimate of drug-likeness (QED) is 0.642. The molecule has 0 spiro atoms. The Morgan fingerprint density at radius 3 is 2.52 bits per heavy atom. The third-order valence-electron chi connectivity index (χ3n) is 4.62. The molecule has 0 saturated carbocycles. The van der Waals surface area contributed by atoms with Gasteiger partial charge in [-0.25, -0.2) is 4.68 Å². The van der Waals surface area contributed by atoms with E-state index in [2.05, 4.69) is 34.3 Å². The molecule has 0 amide bonds. The van der Waals surface area contributed by atoms with Crippen molar-refractivity contribution in [3.05, 3.63) is 51.7 Å². The molecule has 6 nitrogen and oxygen atoms in total. The van der Waals surface area contributed by atoms with Gasteiger partial charge < -0.3 is 4.90 Å². The van der Waals surface area contributed by atoms with Gasteiger partial charge in [0.05, 0.1) is 4.92 Å². The molecule has 1 aromatic heterocycles. The van der Waals surface area contributed by atoms with E-state index in [-0.39, 0.29) is 10.6 Å². The number of aryl methyl sites for hydroxylation is 2. The fourth-order valence-corrected chi connectivity index (χ4v) is 3.50. The zero-order valence-corrected chi connectivity index (χ0v) is 13.6. The van der Waals surface area contributed by atoms with Crippen LogP contribution in [0.15, 0.2) is 30.3 Å². The average molecular weight is 314 g/mol. The van der Waals surface area contributed by atoms with Crippen LogP contribution in [0.25, 0.3) is 0 Å². The number of benzene rings is 1. The van der Waals surface area contributed by atoms with Gasteiger partial charge in [-0.3, -0.25) is 10.1 Å². The fourth-order valence-electron chi connectivity index (χ4n) is 3.50. The van der Waals surface area contributed by atoms with E-state index >= 15 is 0 Å². The number of piperidine rings is 1. The molecule has 0 radical (unpaired) electrons. The van der Waals surface area contributed by atoms with Crippen LogP contribution in [0.2, 0.25) is 0 Å². The van der Waals surface area contributed by atoms with Gasteiger partial charge in [-0.05, 0) is 37.7 Å². The highest BCUT2D eigenvalue weighted by Crippen LogP contribution is 2.34. The van der Waals surface area contributed by atoms with Gasteiger partial charge in [-0.1, -0.05) is 30.3 Å². The van der Waals surface area contributed by atoms with Gasteiger partial charge in [-0.2, -0.15) is 5.10 Å². The van der Waals surface area contributed by atoms with Crippen molar-refractivity contribution in [2.24, 2.45) is 13.0 Å². The molecule has 2 heterocycles.